The Morgan fingerprint density at radius 1 is 1.00 bits per heavy atom. The molecule has 5 nitrogen and oxygen atoms in total. The fourth-order valence-electron chi connectivity index (χ4n) is 2.92. The van der Waals surface area contributed by atoms with E-state index < -0.39 is 17.5 Å². The number of nitrogens with zero attached hydrogens (tertiary/aromatic N) is 2. The number of carbonyl (C=O) groups is 1. The lowest BCUT2D eigenvalue weighted by atomic mass is 10.2. The van der Waals surface area contributed by atoms with Crippen LogP contribution in [0.25, 0.3) is 16.6 Å². The van der Waals surface area contributed by atoms with Crippen molar-refractivity contribution in [3.05, 3.63) is 94.8 Å². The van der Waals surface area contributed by atoms with Crippen LogP contribution >= 0.6 is 11.8 Å². The zero-order valence-corrected chi connectivity index (χ0v) is 16.3. The molecule has 1 aromatic heterocycles. The number of rotatable bonds is 5. The Balaban J connectivity index is 1.65. The maximum Gasteiger partial charge on any atom is 0.266 e. The molecule has 0 radical (unpaired) electrons. The average Bonchev–Trinajstić information content (AvgIpc) is 2.75. The normalized spacial score (nSPS) is 10.9. The van der Waals surface area contributed by atoms with Crippen molar-refractivity contribution in [1.29, 1.82) is 0 Å². The van der Waals surface area contributed by atoms with Crippen LogP contribution in [0.1, 0.15) is 0 Å². The van der Waals surface area contributed by atoms with Crippen LogP contribution in [0, 0.1) is 11.6 Å². The summed E-state index contributed by atoms with van der Waals surface area (Å²) in [5.41, 5.74) is 0.767. The fourth-order valence-corrected chi connectivity index (χ4v) is 3.73. The molecule has 0 aliphatic rings. The molecule has 0 saturated heterocycles. The Morgan fingerprint density at radius 3 is 2.50 bits per heavy atom. The molecule has 3 aromatic carbocycles. The number of anilines is 1. The molecule has 0 saturated carbocycles. The maximum atomic E-state index is 13.8. The van der Waals surface area contributed by atoms with Gasteiger partial charge in [-0.05, 0) is 36.4 Å². The van der Waals surface area contributed by atoms with E-state index in [1.807, 2.05) is 6.07 Å². The summed E-state index contributed by atoms with van der Waals surface area (Å²) in [4.78, 5) is 29.9. The summed E-state index contributed by atoms with van der Waals surface area (Å²) in [6.07, 6.45) is 0. The highest BCUT2D eigenvalue weighted by Gasteiger charge is 2.15. The largest absolute Gasteiger partial charge is 0.323 e. The second-order valence-corrected chi connectivity index (χ2v) is 7.29. The van der Waals surface area contributed by atoms with E-state index in [9.17, 15) is 18.4 Å². The van der Waals surface area contributed by atoms with Gasteiger partial charge >= 0.3 is 0 Å². The summed E-state index contributed by atoms with van der Waals surface area (Å²) in [6.45, 7) is 0. The summed E-state index contributed by atoms with van der Waals surface area (Å²) in [5, 5.41) is 3.20. The quantitative estimate of drug-likeness (QED) is 0.382. The topological polar surface area (TPSA) is 64.0 Å². The molecule has 1 heterocycles. The van der Waals surface area contributed by atoms with E-state index in [1.165, 1.54) is 4.57 Å². The van der Waals surface area contributed by atoms with Gasteiger partial charge in [-0.25, -0.2) is 13.8 Å². The van der Waals surface area contributed by atoms with Crippen LogP contribution in [0.2, 0.25) is 0 Å². The highest BCUT2D eigenvalue weighted by Crippen LogP contribution is 2.22. The predicted octanol–water partition coefficient (Wildman–Crippen LogP) is 4.39. The zero-order valence-electron chi connectivity index (χ0n) is 15.5. The van der Waals surface area contributed by atoms with Crippen LogP contribution in [0.3, 0.4) is 0 Å². The van der Waals surface area contributed by atoms with Crippen LogP contribution in [0.4, 0.5) is 14.5 Å². The predicted molar refractivity (Wildman–Crippen MR) is 113 cm³/mol. The van der Waals surface area contributed by atoms with E-state index in [4.69, 9.17) is 0 Å². The number of aromatic nitrogens is 2. The maximum absolute atomic E-state index is 13.8. The average molecular weight is 423 g/mol. The van der Waals surface area contributed by atoms with Gasteiger partial charge in [-0.15, -0.1) is 0 Å². The number of nitrogens with one attached hydrogen (secondary N) is 1. The number of benzene rings is 3. The number of hydrogen-bond donors (Lipinski definition) is 1. The smallest absolute Gasteiger partial charge is 0.266 e. The highest BCUT2D eigenvalue weighted by molar-refractivity contribution is 7.99. The molecule has 0 unspecified atom stereocenters. The monoisotopic (exact) mass is 423 g/mol. The third-order valence-corrected chi connectivity index (χ3v) is 5.24. The molecule has 0 spiro atoms. The molecule has 150 valence electrons. The molecule has 0 aliphatic carbocycles. The van der Waals surface area contributed by atoms with Gasteiger partial charge in [-0.3, -0.25) is 14.2 Å². The van der Waals surface area contributed by atoms with Gasteiger partial charge in [0.25, 0.3) is 5.56 Å². The number of para-hydroxylation sites is 2. The van der Waals surface area contributed by atoms with Gasteiger partial charge in [-0.1, -0.05) is 42.1 Å². The Bertz CT molecular complexity index is 1290. The van der Waals surface area contributed by atoms with Crippen LogP contribution < -0.4 is 10.9 Å². The highest BCUT2D eigenvalue weighted by atomic mass is 32.2. The van der Waals surface area contributed by atoms with E-state index in [2.05, 4.69) is 10.3 Å². The Morgan fingerprint density at radius 2 is 1.73 bits per heavy atom. The van der Waals surface area contributed by atoms with Crippen LogP contribution in [-0.4, -0.2) is 21.2 Å². The minimum Gasteiger partial charge on any atom is -0.323 e. The van der Waals surface area contributed by atoms with Crippen molar-refractivity contribution in [3.63, 3.8) is 0 Å². The van der Waals surface area contributed by atoms with Crippen LogP contribution in [0.15, 0.2) is 82.7 Å². The van der Waals surface area contributed by atoms with Crippen molar-refractivity contribution in [2.75, 3.05) is 11.1 Å². The molecular formula is C22H15F2N3O2S. The standard InChI is InChI=1S/C22H15F2N3O2S/c23-14-10-11-19(17(24)12-14)25-20(28)13-30-22-26-18-9-5-4-8-16(18)21(29)27(22)15-6-2-1-3-7-15/h1-12H,13H2,(H,25,28). The third kappa shape index (κ3) is 4.08. The first-order chi connectivity index (χ1) is 14.5. The Labute approximate surface area is 174 Å². The van der Waals surface area contributed by atoms with Gasteiger partial charge in [0.05, 0.1) is 28.0 Å². The zero-order chi connectivity index (χ0) is 21.1. The van der Waals surface area contributed by atoms with Crippen molar-refractivity contribution in [1.82, 2.24) is 9.55 Å². The minimum atomic E-state index is -0.863. The van der Waals surface area contributed by atoms with E-state index in [1.54, 1.807) is 48.5 Å². The molecule has 1 N–H and O–H groups in total. The lowest BCUT2D eigenvalue weighted by molar-refractivity contribution is -0.113. The first-order valence-electron chi connectivity index (χ1n) is 8.98. The van der Waals surface area contributed by atoms with Crippen molar-refractivity contribution in [3.8, 4) is 5.69 Å². The third-order valence-electron chi connectivity index (χ3n) is 4.30. The van der Waals surface area contributed by atoms with Gasteiger partial charge in [0.15, 0.2) is 5.16 Å². The Kier molecular flexibility index (Phi) is 5.58. The van der Waals surface area contributed by atoms with Gasteiger partial charge in [0.2, 0.25) is 5.91 Å². The molecule has 0 aliphatic heterocycles. The summed E-state index contributed by atoms with van der Waals surface area (Å²) >= 11 is 1.05. The van der Waals surface area contributed by atoms with E-state index in [-0.39, 0.29) is 17.0 Å². The molecule has 8 heteroatoms. The second-order valence-electron chi connectivity index (χ2n) is 6.35. The minimum absolute atomic E-state index is 0.117. The molecular weight excluding hydrogens is 408 g/mol. The van der Waals surface area contributed by atoms with Crippen molar-refractivity contribution >= 4 is 34.3 Å². The fraction of sp³-hybridized carbons (Fsp3) is 0.0455. The van der Waals surface area contributed by atoms with Gasteiger partial charge in [0.1, 0.15) is 11.6 Å². The first-order valence-corrected chi connectivity index (χ1v) is 9.96. The van der Waals surface area contributed by atoms with Gasteiger partial charge in [-0.2, -0.15) is 0 Å². The molecule has 4 rings (SSSR count). The lowest BCUT2D eigenvalue weighted by Crippen LogP contribution is -2.23. The van der Waals surface area contributed by atoms with E-state index >= 15 is 0 Å². The number of hydrogen-bond acceptors (Lipinski definition) is 4. The van der Waals surface area contributed by atoms with Crippen LogP contribution in [0.5, 0.6) is 0 Å². The van der Waals surface area contributed by atoms with Crippen molar-refractivity contribution < 1.29 is 13.6 Å². The summed E-state index contributed by atoms with van der Waals surface area (Å²) < 4.78 is 28.2. The summed E-state index contributed by atoms with van der Waals surface area (Å²) in [5.74, 6) is -2.22. The molecule has 4 aromatic rings. The number of halogens is 2. The van der Waals surface area contributed by atoms with Gasteiger partial charge < -0.3 is 5.32 Å². The summed E-state index contributed by atoms with van der Waals surface area (Å²) in [6, 6.07) is 18.9. The molecule has 0 bridgehead atoms. The molecule has 30 heavy (non-hydrogen) atoms. The lowest BCUT2D eigenvalue weighted by Gasteiger charge is -2.13. The number of thioether (sulfide) groups is 1. The number of amides is 1. The van der Waals surface area contributed by atoms with E-state index in [0.29, 0.717) is 27.8 Å². The van der Waals surface area contributed by atoms with Crippen LogP contribution in [-0.2, 0) is 4.79 Å². The van der Waals surface area contributed by atoms with Crippen molar-refractivity contribution in [2.45, 2.75) is 5.16 Å². The molecule has 0 fully saturated rings. The van der Waals surface area contributed by atoms with Crippen molar-refractivity contribution in [2.24, 2.45) is 0 Å². The first kappa shape index (κ1) is 19.8. The van der Waals surface area contributed by atoms with E-state index in [0.717, 1.165) is 23.9 Å². The number of carbonyl (C=O) groups excluding carboxylic acids is 1. The summed E-state index contributed by atoms with van der Waals surface area (Å²) in [7, 11) is 0. The second kappa shape index (κ2) is 8.46. The SMILES string of the molecule is O=C(CSc1nc2ccccc2c(=O)n1-c1ccccc1)Nc1ccc(F)cc1F. The molecule has 0 atom stereocenters. The van der Waals surface area contributed by atoms with Gasteiger partial charge in [0, 0.05) is 6.07 Å². The Hall–Kier alpha value is -3.52. The molecule has 1 amide bonds. The number of fused-ring (bicyclic) bond motifs is 1.